The predicted molar refractivity (Wildman–Crippen MR) is 79.6 cm³/mol. The maximum Gasteiger partial charge on any atom is 0.226 e. The molecule has 2 heterocycles. The number of hydrogen-bond acceptors (Lipinski definition) is 4. The number of nitrogens with two attached hydrogens (primary N) is 1. The molecule has 0 aromatic heterocycles. The van der Waals surface area contributed by atoms with Crippen LogP contribution >= 0.6 is 0 Å². The summed E-state index contributed by atoms with van der Waals surface area (Å²) >= 11 is 0. The van der Waals surface area contributed by atoms with Crippen LogP contribution in [0.25, 0.3) is 0 Å². The van der Waals surface area contributed by atoms with Gasteiger partial charge in [-0.1, -0.05) is 6.07 Å². The van der Waals surface area contributed by atoms with E-state index in [4.69, 9.17) is 15.2 Å². The lowest BCUT2D eigenvalue weighted by Gasteiger charge is -2.30. The smallest absolute Gasteiger partial charge is 0.226 e. The Morgan fingerprint density at radius 1 is 1.14 bits per heavy atom. The lowest BCUT2D eigenvalue weighted by Crippen LogP contribution is -2.42. The quantitative estimate of drug-likeness (QED) is 0.892. The van der Waals surface area contributed by atoms with Crippen molar-refractivity contribution in [2.75, 3.05) is 26.3 Å². The van der Waals surface area contributed by atoms with E-state index in [1.54, 1.807) is 4.90 Å². The lowest BCUT2D eigenvalue weighted by atomic mass is 9.96. The Labute approximate surface area is 129 Å². The van der Waals surface area contributed by atoms with Crippen LogP contribution in [-0.2, 0) is 16.0 Å². The lowest BCUT2D eigenvalue weighted by molar-refractivity contribution is -0.134. The van der Waals surface area contributed by atoms with E-state index >= 15 is 0 Å². The third kappa shape index (κ3) is 3.16. The summed E-state index contributed by atoms with van der Waals surface area (Å²) in [5.41, 5.74) is 6.22. The summed E-state index contributed by atoms with van der Waals surface area (Å²) in [6.07, 6.45) is 1.64. The molecule has 2 aliphatic rings. The Bertz CT molecular complexity index is 580. The molecular weight excluding hydrogens is 284 g/mol. The monoisotopic (exact) mass is 304 g/mol. The van der Waals surface area contributed by atoms with Crippen molar-refractivity contribution in [3.63, 3.8) is 0 Å². The van der Waals surface area contributed by atoms with Gasteiger partial charge in [-0.2, -0.15) is 0 Å². The molecule has 6 heteroatoms. The Kier molecular flexibility index (Phi) is 4.18. The van der Waals surface area contributed by atoms with E-state index in [9.17, 15) is 9.59 Å². The van der Waals surface area contributed by atoms with Crippen molar-refractivity contribution in [1.82, 2.24) is 4.90 Å². The van der Waals surface area contributed by atoms with E-state index in [0.717, 1.165) is 11.3 Å². The van der Waals surface area contributed by atoms with Gasteiger partial charge in [0.25, 0.3) is 0 Å². The highest BCUT2D eigenvalue weighted by molar-refractivity contribution is 5.80. The first-order chi connectivity index (χ1) is 10.6. The topological polar surface area (TPSA) is 81.9 Å². The molecule has 2 N–H and O–H groups in total. The van der Waals surface area contributed by atoms with Crippen LogP contribution in [0.4, 0.5) is 0 Å². The summed E-state index contributed by atoms with van der Waals surface area (Å²) in [6, 6.07) is 5.60. The highest BCUT2D eigenvalue weighted by Gasteiger charge is 2.26. The van der Waals surface area contributed by atoms with Gasteiger partial charge in [0.2, 0.25) is 11.8 Å². The first-order valence-corrected chi connectivity index (χ1v) is 7.59. The molecule has 1 saturated heterocycles. The molecule has 2 aliphatic heterocycles. The van der Waals surface area contributed by atoms with Crippen LogP contribution in [0, 0.1) is 5.92 Å². The molecule has 0 spiro atoms. The van der Waals surface area contributed by atoms with E-state index in [-0.39, 0.29) is 17.7 Å². The average molecular weight is 304 g/mol. The van der Waals surface area contributed by atoms with Gasteiger partial charge in [-0.25, -0.2) is 0 Å². The van der Waals surface area contributed by atoms with Crippen LogP contribution in [0.15, 0.2) is 18.2 Å². The van der Waals surface area contributed by atoms with E-state index in [0.29, 0.717) is 51.3 Å². The minimum absolute atomic E-state index is 0.0691. The second kappa shape index (κ2) is 6.25. The Morgan fingerprint density at radius 2 is 1.82 bits per heavy atom. The summed E-state index contributed by atoms with van der Waals surface area (Å²) < 4.78 is 11.0. The fourth-order valence-electron chi connectivity index (χ4n) is 2.90. The minimum atomic E-state index is -0.265. The van der Waals surface area contributed by atoms with E-state index in [2.05, 4.69) is 0 Å². The van der Waals surface area contributed by atoms with Crippen molar-refractivity contribution >= 4 is 11.8 Å². The van der Waals surface area contributed by atoms with Gasteiger partial charge in [0, 0.05) is 19.0 Å². The Morgan fingerprint density at radius 3 is 2.50 bits per heavy atom. The van der Waals surface area contributed by atoms with Crippen LogP contribution < -0.4 is 15.2 Å². The SMILES string of the molecule is NC(=O)C1CCN(C(=O)Cc2ccc3c(c2)OCCO3)CC1. The second-order valence-corrected chi connectivity index (χ2v) is 5.71. The molecule has 0 unspecified atom stereocenters. The fraction of sp³-hybridized carbons (Fsp3) is 0.500. The normalized spacial score (nSPS) is 18.1. The Hall–Kier alpha value is -2.24. The number of ether oxygens (including phenoxy) is 2. The first-order valence-electron chi connectivity index (χ1n) is 7.59. The van der Waals surface area contributed by atoms with E-state index in [1.807, 2.05) is 18.2 Å². The van der Waals surface area contributed by atoms with Crippen molar-refractivity contribution in [2.24, 2.45) is 11.7 Å². The molecule has 118 valence electrons. The van der Waals surface area contributed by atoms with E-state index in [1.165, 1.54) is 0 Å². The summed E-state index contributed by atoms with van der Waals surface area (Å²) in [4.78, 5) is 25.3. The summed E-state index contributed by atoms with van der Waals surface area (Å²) in [5, 5.41) is 0. The van der Waals surface area contributed by atoms with Crippen LogP contribution in [-0.4, -0.2) is 43.0 Å². The first kappa shape index (κ1) is 14.7. The maximum absolute atomic E-state index is 12.3. The van der Waals surface area contributed by atoms with Crippen molar-refractivity contribution < 1.29 is 19.1 Å². The molecule has 0 atom stereocenters. The minimum Gasteiger partial charge on any atom is -0.486 e. The number of carbonyl (C=O) groups is 2. The molecule has 6 nitrogen and oxygen atoms in total. The van der Waals surface area contributed by atoms with Gasteiger partial charge in [0.1, 0.15) is 13.2 Å². The van der Waals surface area contributed by atoms with Crippen LogP contribution in [0.3, 0.4) is 0 Å². The highest BCUT2D eigenvalue weighted by atomic mass is 16.6. The molecule has 1 fully saturated rings. The largest absolute Gasteiger partial charge is 0.486 e. The van der Waals surface area contributed by atoms with Gasteiger partial charge in [0.15, 0.2) is 11.5 Å². The van der Waals surface area contributed by atoms with Crippen molar-refractivity contribution in [1.29, 1.82) is 0 Å². The summed E-state index contributed by atoms with van der Waals surface area (Å²) in [5.74, 6) is 1.13. The van der Waals surface area contributed by atoms with Gasteiger partial charge >= 0.3 is 0 Å². The third-order valence-electron chi connectivity index (χ3n) is 4.21. The number of fused-ring (bicyclic) bond motifs is 1. The van der Waals surface area contributed by atoms with Gasteiger partial charge in [-0.3, -0.25) is 9.59 Å². The van der Waals surface area contributed by atoms with Crippen molar-refractivity contribution in [3.05, 3.63) is 23.8 Å². The molecule has 0 saturated carbocycles. The Balaban J connectivity index is 1.59. The second-order valence-electron chi connectivity index (χ2n) is 5.71. The maximum atomic E-state index is 12.3. The summed E-state index contributed by atoms with van der Waals surface area (Å²) in [7, 11) is 0. The number of rotatable bonds is 3. The van der Waals surface area contributed by atoms with Gasteiger partial charge < -0.3 is 20.1 Å². The molecule has 0 radical (unpaired) electrons. The molecule has 0 aliphatic carbocycles. The highest BCUT2D eigenvalue weighted by Crippen LogP contribution is 2.31. The van der Waals surface area contributed by atoms with E-state index < -0.39 is 0 Å². The molecule has 1 aromatic rings. The number of benzene rings is 1. The molecule has 1 aromatic carbocycles. The standard InChI is InChI=1S/C16H20N2O4/c17-16(20)12-3-5-18(6-4-12)15(19)10-11-1-2-13-14(9-11)22-8-7-21-13/h1-2,9,12H,3-8,10H2,(H2,17,20). The zero-order valence-corrected chi connectivity index (χ0v) is 12.4. The van der Waals surface area contributed by atoms with Gasteiger partial charge in [-0.05, 0) is 30.5 Å². The number of likely N-dealkylation sites (tertiary alicyclic amines) is 1. The van der Waals surface area contributed by atoms with Gasteiger partial charge in [0.05, 0.1) is 6.42 Å². The molecule has 22 heavy (non-hydrogen) atoms. The fourth-order valence-corrected chi connectivity index (χ4v) is 2.90. The number of primary amides is 1. The third-order valence-corrected chi connectivity index (χ3v) is 4.21. The van der Waals surface area contributed by atoms with Crippen molar-refractivity contribution in [3.8, 4) is 11.5 Å². The molecule has 0 bridgehead atoms. The predicted octanol–water partition coefficient (Wildman–Crippen LogP) is 0.724. The molecule has 3 rings (SSSR count). The van der Waals surface area contributed by atoms with Crippen LogP contribution in [0.2, 0.25) is 0 Å². The van der Waals surface area contributed by atoms with Crippen LogP contribution in [0.1, 0.15) is 18.4 Å². The number of piperidine rings is 1. The molecule has 2 amide bonds. The average Bonchev–Trinajstić information content (AvgIpc) is 2.55. The number of hydrogen-bond donors (Lipinski definition) is 1. The number of amides is 2. The summed E-state index contributed by atoms with van der Waals surface area (Å²) in [6.45, 7) is 2.28. The zero-order chi connectivity index (χ0) is 15.5. The zero-order valence-electron chi connectivity index (χ0n) is 12.4. The molecular formula is C16H20N2O4. The number of nitrogens with zero attached hydrogens (tertiary/aromatic N) is 1. The van der Waals surface area contributed by atoms with Crippen molar-refractivity contribution in [2.45, 2.75) is 19.3 Å². The van der Waals surface area contributed by atoms with Crippen LogP contribution in [0.5, 0.6) is 11.5 Å². The van der Waals surface area contributed by atoms with Gasteiger partial charge in [-0.15, -0.1) is 0 Å². The number of carbonyl (C=O) groups excluding carboxylic acids is 2.